The molecule has 1 N–H and O–H groups in total. The standard InChI is InChI=1S/C15H28N2O/c1-12(13-7-5-3-4-6-8-13)16-11-15(18)17(2)14-9-10-14/h12-14,16H,3-11H2,1-2H3/t12-/m1/s1. The second-order valence-electron chi connectivity index (χ2n) is 6.16. The highest BCUT2D eigenvalue weighted by Gasteiger charge is 2.29. The van der Waals surface area contributed by atoms with Gasteiger partial charge in [0, 0.05) is 19.1 Å². The van der Waals surface area contributed by atoms with E-state index in [2.05, 4.69) is 12.2 Å². The van der Waals surface area contributed by atoms with Gasteiger partial charge in [-0.3, -0.25) is 4.79 Å². The van der Waals surface area contributed by atoms with E-state index < -0.39 is 0 Å². The largest absolute Gasteiger partial charge is 0.342 e. The highest BCUT2D eigenvalue weighted by molar-refractivity contribution is 5.78. The van der Waals surface area contributed by atoms with Crippen LogP contribution in [0.3, 0.4) is 0 Å². The van der Waals surface area contributed by atoms with E-state index in [4.69, 9.17) is 0 Å². The van der Waals surface area contributed by atoms with E-state index in [1.54, 1.807) is 0 Å². The van der Waals surface area contributed by atoms with Crippen LogP contribution in [0.15, 0.2) is 0 Å². The van der Waals surface area contributed by atoms with Crippen molar-refractivity contribution in [2.75, 3.05) is 13.6 Å². The minimum absolute atomic E-state index is 0.262. The topological polar surface area (TPSA) is 32.3 Å². The number of carbonyl (C=O) groups is 1. The summed E-state index contributed by atoms with van der Waals surface area (Å²) >= 11 is 0. The Balaban J connectivity index is 1.69. The van der Waals surface area contributed by atoms with Gasteiger partial charge in [0.15, 0.2) is 0 Å². The summed E-state index contributed by atoms with van der Waals surface area (Å²) in [5.74, 6) is 1.03. The smallest absolute Gasteiger partial charge is 0.236 e. The first-order valence-electron chi connectivity index (χ1n) is 7.67. The van der Waals surface area contributed by atoms with Gasteiger partial charge < -0.3 is 10.2 Å². The SMILES string of the molecule is C[C@@H](NCC(=O)N(C)C1CC1)C1CCCCCC1. The highest BCUT2D eigenvalue weighted by Crippen LogP contribution is 2.26. The molecule has 0 aromatic heterocycles. The van der Waals surface area contributed by atoms with Crippen LogP contribution in [-0.2, 0) is 4.79 Å². The van der Waals surface area contributed by atoms with Gasteiger partial charge >= 0.3 is 0 Å². The number of likely N-dealkylation sites (N-methyl/N-ethyl adjacent to an activating group) is 1. The Morgan fingerprint density at radius 1 is 1.17 bits per heavy atom. The van der Waals surface area contributed by atoms with Crippen molar-refractivity contribution >= 4 is 5.91 Å². The summed E-state index contributed by atoms with van der Waals surface area (Å²) in [4.78, 5) is 13.9. The summed E-state index contributed by atoms with van der Waals surface area (Å²) in [5, 5.41) is 3.45. The fourth-order valence-electron chi connectivity index (χ4n) is 3.02. The van der Waals surface area contributed by atoms with Gasteiger partial charge in [0.2, 0.25) is 5.91 Å². The van der Waals surface area contributed by atoms with Gasteiger partial charge in [0.25, 0.3) is 0 Å². The van der Waals surface area contributed by atoms with Crippen molar-refractivity contribution in [3.8, 4) is 0 Å². The van der Waals surface area contributed by atoms with Crippen molar-refractivity contribution in [1.82, 2.24) is 10.2 Å². The minimum atomic E-state index is 0.262. The van der Waals surface area contributed by atoms with Crippen LogP contribution in [0.1, 0.15) is 58.3 Å². The molecule has 2 saturated carbocycles. The first-order chi connectivity index (χ1) is 8.68. The molecule has 0 aromatic rings. The van der Waals surface area contributed by atoms with Crippen LogP contribution < -0.4 is 5.32 Å². The van der Waals surface area contributed by atoms with Gasteiger partial charge in [-0.25, -0.2) is 0 Å². The van der Waals surface area contributed by atoms with Gasteiger partial charge in [-0.1, -0.05) is 25.7 Å². The zero-order chi connectivity index (χ0) is 13.0. The lowest BCUT2D eigenvalue weighted by Crippen LogP contribution is -2.42. The molecule has 0 aromatic carbocycles. The Hall–Kier alpha value is -0.570. The molecule has 2 aliphatic rings. The summed E-state index contributed by atoms with van der Waals surface area (Å²) in [6, 6.07) is 1.02. The van der Waals surface area contributed by atoms with Crippen LogP contribution in [0.25, 0.3) is 0 Å². The molecule has 1 atom stereocenters. The van der Waals surface area contributed by atoms with E-state index in [1.807, 2.05) is 11.9 Å². The number of hydrogen-bond acceptors (Lipinski definition) is 2. The van der Waals surface area contributed by atoms with E-state index in [9.17, 15) is 4.79 Å². The quantitative estimate of drug-likeness (QED) is 0.763. The van der Waals surface area contributed by atoms with Crippen LogP contribution in [0.5, 0.6) is 0 Å². The summed E-state index contributed by atoms with van der Waals surface area (Å²) in [6.45, 7) is 2.77. The third-order valence-electron chi connectivity index (χ3n) is 4.67. The molecular weight excluding hydrogens is 224 g/mol. The Morgan fingerprint density at radius 3 is 2.33 bits per heavy atom. The molecule has 0 heterocycles. The van der Waals surface area contributed by atoms with Gasteiger partial charge in [-0.2, -0.15) is 0 Å². The van der Waals surface area contributed by atoms with Gasteiger partial charge in [-0.15, -0.1) is 0 Å². The molecule has 0 radical (unpaired) electrons. The van der Waals surface area contributed by atoms with Crippen molar-refractivity contribution in [2.45, 2.75) is 70.4 Å². The molecule has 2 fully saturated rings. The molecule has 2 rings (SSSR count). The molecule has 3 nitrogen and oxygen atoms in total. The molecule has 0 bridgehead atoms. The fourth-order valence-corrected chi connectivity index (χ4v) is 3.02. The minimum Gasteiger partial charge on any atom is -0.342 e. The third kappa shape index (κ3) is 3.98. The highest BCUT2D eigenvalue weighted by atomic mass is 16.2. The summed E-state index contributed by atoms with van der Waals surface area (Å²) in [5.41, 5.74) is 0. The maximum atomic E-state index is 11.9. The molecule has 104 valence electrons. The third-order valence-corrected chi connectivity index (χ3v) is 4.67. The monoisotopic (exact) mass is 252 g/mol. The van der Waals surface area contributed by atoms with Crippen molar-refractivity contribution in [3.63, 3.8) is 0 Å². The number of nitrogens with zero attached hydrogens (tertiary/aromatic N) is 1. The van der Waals surface area contributed by atoms with E-state index >= 15 is 0 Å². The zero-order valence-corrected chi connectivity index (χ0v) is 12.0. The Kier molecular flexibility index (Phi) is 5.04. The molecule has 0 unspecified atom stereocenters. The van der Waals surface area contributed by atoms with Crippen LogP contribution in [0.2, 0.25) is 0 Å². The summed E-state index contributed by atoms with van der Waals surface area (Å²) in [6.07, 6.45) is 10.6. The van der Waals surface area contributed by atoms with Crippen LogP contribution in [-0.4, -0.2) is 36.5 Å². The predicted molar refractivity (Wildman–Crippen MR) is 74.4 cm³/mol. The molecule has 0 saturated heterocycles. The lowest BCUT2D eigenvalue weighted by atomic mass is 9.93. The second kappa shape index (κ2) is 6.55. The van der Waals surface area contributed by atoms with Gasteiger partial charge in [0.1, 0.15) is 0 Å². The van der Waals surface area contributed by atoms with Crippen LogP contribution >= 0.6 is 0 Å². The van der Waals surface area contributed by atoms with E-state index in [1.165, 1.54) is 51.4 Å². The lowest BCUT2D eigenvalue weighted by molar-refractivity contribution is -0.129. The van der Waals surface area contributed by atoms with Crippen LogP contribution in [0, 0.1) is 5.92 Å². The lowest BCUT2D eigenvalue weighted by Gasteiger charge is -2.25. The molecule has 1 amide bonds. The van der Waals surface area contributed by atoms with Gasteiger partial charge in [0.05, 0.1) is 6.54 Å². The summed E-state index contributed by atoms with van der Waals surface area (Å²) in [7, 11) is 1.94. The number of rotatable bonds is 5. The first kappa shape index (κ1) is 13.9. The van der Waals surface area contributed by atoms with E-state index in [-0.39, 0.29) is 5.91 Å². The first-order valence-corrected chi connectivity index (χ1v) is 7.67. The Morgan fingerprint density at radius 2 is 1.78 bits per heavy atom. The number of hydrogen-bond donors (Lipinski definition) is 1. The Bertz CT molecular complexity index is 268. The van der Waals surface area contributed by atoms with Gasteiger partial charge in [-0.05, 0) is 38.5 Å². The average Bonchev–Trinajstić information content (AvgIpc) is 3.19. The molecule has 3 heteroatoms. The Labute approximate surface area is 111 Å². The van der Waals surface area contributed by atoms with E-state index in [0.717, 1.165) is 5.92 Å². The fraction of sp³-hybridized carbons (Fsp3) is 0.933. The number of amides is 1. The van der Waals surface area contributed by atoms with Crippen molar-refractivity contribution in [1.29, 1.82) is 0 Å². The average molecular weight is 252 g/mol. The van der Waals surface area contributed by atoms with Crippen molar-refractivity contribution in [2.24, 2.45) is 5.92 Å². The molecule has 2 aliphatic carbocycles. The van der Waals surface area contributed by atoms with Crippen LogP contribution in [0.4, 0.5) is 0 Å². The van der Waals surface area contributed by atoms with Crippen molar-refractivity contribution < 1.29 is 4.79 Å². The maximum Gasteiger partial charge on any atom is 0.236 e. The van der Waals surface area contributed by atoms with E-state index in [0.29, 0.717) is 18.6 Å². The zero-order valence-electron chi connectivity index (χ0n) is 12.0. The summed E-state index contributed by atoms with van der Waals surface area (Å²) < 4.78 is 0. The molecular formula is C15H28N2O. The normalized spacial score (nSPS) is 23.4. The number of nitrogens with one attached hydrogen (secondary N) is 1. The second-order valence-corrected chi connectivity index (χ2v) is 6.16. The van der Waals surface area contributed by atoms with Crippen molar-refractivity contribution in [3.05, 3.63) is 0 Å². The maximum absolute atomic E-state index is 11.9. The number of carbonyl (C=O) groups excluding carboxylic acids is 1. The molecule has 0 spiro atoms. The molecule has 0 aliphatic heterocycles. The molecule has 18 heavy (non-hydrogen) atoms. The predicted octanol–water partition coefficient (Wildman–Crippen LogP) is 2.56.